The van der Waals surface area contributed by atoms with E-state index in [2.05, 4.69) is 51.9 Å². The van der Waals surface area contributed by atoms with E-state index in [1.807, 2.05) is 17.0 Å². The van der Waals surface area contributed by atoms with Crippen LogP contribution in [-0.2, 0) is 24.1 Å². The molecular formula is C29H30N4O3. The molecular weight excluding hydrogens is 452 g/mol. The van der Waals surface area contributed by atoms with E-state index in [0.717, 1.165) is 68.4 Å². The number of nitriles is 1. The van der Waals surface area contributed by atoms with Crippen LogP contribution < -0.4 is 9.47 Å². The number of hydrogen-bond donors (Lipinski definition) is 0. The van der Waals surface area contributed by atoms with Gasteiger partial charge >= 0.3 is 0 Å². The first-order chi connectivity index (χ1) is 17.7. The summed E-state index contributed by atoms with van der Waals surface area (Å²) in [6.07, 6.45) is 3.72. The molecule has 6 rings (SSSR count). The molecule has 1 amide bonds. The topological polar surface area (TPSA) is 70.7 Å². The van der Waals surface area contributed by atoms with Crippen LogP contribution in [0.2, 0.25) is 0 Å². The van der Waals surface area contributed by atoms with E-state index in [4.69, 9.17) is 14.7 Å². The third-order valence-corrected chi connectivity index (χ3v) is 7.57. The molecule has 0 saturated carbocycles. The van der Waals surface area contributed by atoms with Crippen molar-refractivity contribution in [1.82, 2.24) is 14.4 Å². The number of ether oxygens (including phenoxy) is 2. The van der Waals surface area contributed by atoms with Crippen LogP contribution in [0.25, 0.3) is 16.9 Å². The van der Waals surface area contributed by atoms with Crippen LogP contribution in [0.1, 0.15) is 29.7 Å². The molecule has 1 aliphatic carbocycles. The van der Waals surface area contributed by atoms with Crippen LogP contribution in [0.15, 0.2) is 48.5 Å². The zero-order valence-electron chi connectivity index (χ0n) is 20.4. The minimum absolute atomic E-state index is 0.201. The Morgan fingerprint density at radius 1 is 0.944 bits per heavy atom. The van der Waals surface area contributed by atoms with Crippen molar-refractivity contribution in [3.05, 3.63) is 65.4 Å². The third-order valence-electron chi connectivity index (χ3n) is 7.57. The Labute approximate surface area is 211 Å². The molecule has 2 aliphatic heterocycles. The average Bonchev–Trinajstić information content (AvgIpc) is 3.55. The SMILES string of the molecule is N#CCCN1CCN(C(=O)CCc2cc3c(n2-c2ccc4c(c2)OCO4)-c2ccccc2CC3)CC1. The number of piperazine rings is 1. The van der Waals surface area contributed by atoms with Gasteiger partial charge in [-0.15, -0.1) is 0 Å². The summed E-state index contributed by atoms with van der Waals surface area (Å²) in [7, 11) is 0. The molecule has 2 aromatic carbocycles. The molecule has 0 unspecified atom stereocenters. The number of carbonyl (C=O) groups excluding carboxylic acids is 1. The van der Waals surface area contributed by atoms with Crippen molar-refractivity contribution in [2.45, 2.75) is 32.1 Å². The summed E-state index contributed by atoms with van der Waals surface area (Å²) in [4.78, 5) is 17.4. The second-order valence-electron chi connectivity index (χ2n) is 9.67. The molecule has 184 valence electrons. The number of amides is 1. The van der Waals surface area contributed by atoms with Crippen molar-refractivity contribution in [3.63, 3.8) is 0 Å². The summed E-state index contributed by atoms with van der Waals surface area (Å²) >= 11 is 0. The average molecular weight is 483 g/mol. The first kappa shape index (κ1) is 22.7. The molecule has 7 heteroatoms. The van der Waals surface area contributed by atoms with Gasteiger partial charge in [0, 0.05) is 68.6 Å². The minimum atomic E-state index is 0.201. The van der Waals surface area contributed by atoms with Gasteiger partial charge in [-0.2, -0.15) is 5.26 Å². The van der Waals surface area contributed by atoms with E-state index in [1.165, 1.54) is 22.4 Å². The highest BCUT2D eigenvalue weighted by atomic mass is 16.7. The first-order valence-electron chi connectivity index (χ1n) is 12.8. The summed E-state index contributed by atoms with van der Waals surface area (Å²) in [5.41, 5.74) is 7.37. The van der Waals surface area contributed by atoms with Crippen molar-refractivity contribution in [3.8, 4) is 34.5 Å². The van der Waals surface area contributed by atoms with E-state index in [0.29, 0.717) is 19.3 Å². The van der Waals surface area contributed by atoms with Gasteiger partial charge in [0.1, 0.15) is 0 Å². The number of aryl methyl sites for hydroxylation is 3. The molecule has 1 saturated heterocycles. The lowest BCUT2D eigenvalue weighted by Crippen LogP contribution is -2.48. The van der Waals surface area contributed by atoms with Crippen LogP contribution in [0.5, 0.6) is 11.5 Å². The van der Waals surface area contributed by atoms with Crippen LogP contribution in [0.3, 0.4) is 0 Å². The standard InChI is InChI=1S/C29H30N4O3/c30-12-3-13-31-14-16-32(17-15-31)28(34)11-9-23-18-22-7-6-21-4-1-2-5-25(21)29(22)33(23)24-8-10-26-27(19-24)36-20-35-26/h1-2,4-5,8,10,18-19H,3,6-7,9,11,13-17,20H2. The lowest BCUT2D eigenvalue weighted by molar-refractivity contribution is -0.132. The van der Waals surface area contributed by atoms with Crippen LogP contribution >= 0.6 is 0 Å². The van der Waals surface area contributed by atoms with Crippen LogP contribution in [0, 0.1) is 11.3 Å². The highest BCUT2D eigenvalue weighted by molar-refractivity contribution is 5.77. The summed E-state index contributed by atoms with van der Waals surface area (Å²) in [6, 6.07) is 19.2. The van der Waals surface area contributed by atoms with E-state index in [9.17, 15) is 4.79 Å². The molecule has 1 fully saturated rings. The van der Waals surface area contributed by atoms with Gasteiger partial charge < -0.3 is 18.9 Å². The van der Waals surface area contributed by atoms with Crippen molar-refractivity contribution >= 4 is 5.91 Å². The smallest absolute Gasteiger partial charge is 0.231 e. The van der Waals surface area contributed by atoms with Gasteiger partial charge in [-0.3, -0.25) is 9.69 Å². The maximum Gasteiger partial charge on any atom is 0.231 e. The van der Waals surface area contributed by atoms with Crippen LogP contribution in [-0.4, -0.2) is 59.8 Å². The largest absolute Gasteiger partial charge is 0.454 e. The molecule has 3 aromatic rings. The molecule has 0 spiro atoms. The van der Waals surface area contributed by atoms with Gasteiger partial charge in [-0.05, 0) is 48.6 Å². The third kappa shape index (κ3) is 4.22. The molecule has 0 N–H and O–H groups in total. The highest BCUT2D eigenvalue weighted by Gasteiger charge is 2.26. The van der Waals surface area contributed by atoms with Gasteiger partial charge in [0.2, 0.25) is 12.7 Å². The Balaban J connectivity index is 1.27. The molecule has 0 radical (unpaired) electrons. The van der Waals surface area contributed by atoms with Crippen molar-refractivity contribution in [1.29, 1.82) is 5.26 Å². The summed E-state index contributed by atoms with van der Waals surface area (Å²) < 4.78 is 13.5. The van der Waals surface area contributed by atoms with Crippen LogP contribution in [0.4, 0.5) is 0 Å². The number of benzene rings is 2. The number of carbonyl (C=O) groups is 1. The Hall–Kier alpha value is -3.76. The molecule has 7 nitrogen and oxygen atoms in total. The normalized spacial score (nSPS) is 16.4. The Morgan fingerprint density at radius 2 is 1.75 bits per heavy atom. The summed E-state index contributed by atoms with van der Waals surface area (Å²) in [5.74, 6) is 1.73. The second kappa shape index (κ2) is 9.71. The lowest BCUT2D eigenvalue weighted by atomic mass is 9.90. The lowest BCUT2D eigenvalue weighted by Gasteiger charge is -2.34. The van der Waals surface area contributed by atoms with E-state index >= 15 is 0 Å². The highest BCUT2D eigenvalue weighted by Crippen LogP contribution is 2.40. The molecule has 1 aromatic heterocycles. The van der Waals surface area contributed by atoms with E-state index < -0.39 is 0 Å². The van der Waals surface area contributed by atoms with Crippen molar-refractivity contribution in [2.24, 2.45) is 0 Å². The quantitative estimate of drug-likeness (QED) is 0.532. The van der Waals surface area contributed by atoms with Crippen molar-refractivity contribution < 1.29 is 14.3 Å². The fourth-order valence-electron chi connectivity index (χ4n) is 5.67. The zero-order valence-corrected chi connectivity index (χ0v) is 20.4. The molecule has 0 atom stereocenters. The Bertz CT molecular complexity index is 1330. The van der Waals surface area contributed by atoms with Gasteiger partial charge in [0.05, 0.1) is 11.8 Å². The Kier molecular flexibility index (Phi) is 6.12. The van der Waals surface area contributed by atoms with Gasteiger partial charge in [-0.1, -0.05) is 24.3 Å². The summed E-state index contributed by atoms with van der Waals surface area (Å²) in [5, 5.41) is 8.82. The van der Waals surface area contributed by atoms with Gasteiger partial charge in [-0.25, -0.2) is 0 Å². The van der Waals surface area contributed by atoms with E-state index in [1.54, 1.807) is 0 Å². The number of nitrogens with zero attached hydrogens (tertiary/aromatic N) is 4. The van der Waals surface area contributed by atoms with Crippen molar-refractivity contribution in [2.75, 3.05) is 39.5 Å². The molecule has 3 heterocycles. The first-order valence-corrected chi connectivity index (χ1v) is 12.8. The zero-order chi connectivity index (χ0) is 24.5. The summed E-state index contributed by atoms with van der Waals surface area (Å²) in [6.45, 7) is 4.18. The number of rotatable bonds is 6. The number of hydrogen-bond acceptors (Lipinski definition) is 5. The Morgan fingerprint density at radius 3 is 2.61 bits per heavy atom. The molecule has 36 heavy (non-hydrogen) atoms. The number of fused-ring (bicyclic) bond motifs is 4. The predicted molar refractivity (Wildman–Crippen MR) is 136 cm³/mol. The molecule has 3 aliphatic rings. The van der Waals surface area contributed by atoms with Gasteiger partial charge in [0.25, 0.3) is 0 Å². The minimum Gasteiger partial charge on any atom is -0.454 e. The second-order valence-corrected chi connectivity index (χ2v) is 9.67. The number of aromatic nitrogens is 1. The van der Waals surface area contributed by atoms with Gasteiger partial charge in [0.15, 0.2) is 11.5 Å². The molecule has 0 bridgehead atoms. The fraction of sp³-hybridized carbons (Fsp3) is 0.379. The monoisotopic (exact) mass is 482 g/mol. The maximum absolute atomic E-state index is 13.1. The maximum atomic E-state index is 13.1. The fourth-order valence-corrected chi connectivity index (χ4v) is 5.67. The van der Waals surface area contributed by atoms with E-state index in [-0.39, 0.29) is 12.7 Å². The predicted octanol–water partition coefficient (Wildman–Crippen LogP) is 3.96.